The Morgan fingerprint density at radius 2 is 1.83 bits per heavy atom. The zero-order chi connectivity index (χ0) is 9.56. The Kier molecular flexibility index (Phi) is 7.16. The predicted octanol–water partition coefficient (Wildman–Crippen LogP) is 3.14. The van der Waals surface area contributed by atoms with Crippen LogP contribution in [0, 0.1) is 5.92 Å². The van der Waals surface area contributed by atoms with Gasteiger partial charge in [-0.15, -0.1) is 0 Å². The smallest absolute Gasteiger partial charge is 0.0159 e. The molecule has 0 N–H and O–H groups in total. The van der Waals surface area contributed by atoms with Gasteiger partial charge in [0.05, 0.1) is 0 Å². The van der Waals surface area contributed by atoms with E-state index < -0.39 is 0 Å². The van der Waals surface area contributed by atoms with Gasteiger partial charge in [0, 0.05) is 17.9 Å². The second-order valence-corrected chi connectivity index (χ2v) is 4.24. The van der Waals surface area contributed by atoms with Gasteiger partial charge < -0.3 is 0 Å². The first-order valence-corrected chi connectivity index (χ1v) is 6.09. The van der Waals surface area contributed by atoms with Crippen LogP contribution in [0.5, 0.6) is 0 Å². The van der Waals surface area contributed by atoms with Crippen LogP contribution in [0.3, 0.4) is 0 Å². The fourth-order valence-electron chi connectivity index (χ4n) is 1.46. The summed E-state index contributed by atoms with van der Waals surface area (Å²) in [5.74, 6) is 0.809. The number of hydrogen-bond donors (Lipinski definition) is 0. The molecule has 0 spiro atoms. The average Bonchev–Trinajstić information content (AvgIpc) is 2.11. The van der Waals surface area contributed by atoms with E-state index in [1.807, 2.05) is 0 Å². The molecule has 0 aromatic carbocycles. The molecule has 0 fully saturated rings. The van der Waals surface area contributed by atoms with Crippen molar-refractivity contribution < 1.29 is 0 Å². The molecule has 0 saturated heterocycles. The van der Waals surface area contributed by atoms with Crippen molar-refractivity contribution in [2.45, 2.75) is 40.2 Å². The van der Waals surface area contributed by atoms with Gasteiger partial charge in [-0.3, -0.25) is 4.90 Å². The van der Waals surface area contributed by atoms with E-state index in [0.717, 1.165) is 23.8 Å². The highest BCUT2D eigenvalue weighted by Gasteiger charge is 2.16. The lowest BCUT2D eigenvalue weighted by Gasteiger charge is -2.31. The molecule has 0 aromatic rings. The van der Waals surface area contributed by atoms with E-state index in [9.17, 15) is 0 Å². The van der Waals surface area contributed by atoms with Crippen molar-refractivity contribution in [3.8, 4) is 0 Å². The van der Waals surface area contributed by atoms with Crippen molar-refractivity contribution >= 4 is 15.9 Å². The average molecular weight is 236 g/mol. The molecule has 0 aliphatic heterocycles. The summed E-state index contributed by atoms with van der Waals surface area (Å²) in [6.45, 7) is 11.5. The fraction of sp³-hybridized carbons (Fsp3) is 1.00. The number of rotatable bonds is 6. The van der Waals surface area contributed by atoms with Crippen LogP contribution in [0.1, 0.15) is 34.1 Å². The lowest BCUT2D eigenvalue weighted by molar-refractivity contribution is 0.177. The van der Waals surface area contributed by atoms with Gasteiger partial charge in [-0.2, -0.15) is 0 Å². The Balaban J connectivity index is 3.91. The molecule has 0 aromatic heterocycles. The van der Waals surface area contributed by atoms with Gasteiger partial charge in [0.1, 0.15) is 0 Å². The molecule has 0 aliphatic rings. The van der Waals surface area contributed by atoms with E-state index in [2.05, 4.69) is 48.5 Å². The quantitative estimate of drug-likeness (QED) is 0.640. The van der Waals surface area contributed by atoms with E-state index in [4.69, 9.17) is 0 Å². The molecule has 0 aliphatic carbocycles. The van der Waals surface area contributed by atoms with Gasteiger partial charge in [0.2, 0.25) is 0 Å². The molecule has 2 atom stereocenters. The Morgan fingerprint density at radius 3 is 2.17 bits per heavy atom. The minimum Gasteiger partial charge on any atom is -0.300 e. The lowest BCUT2D eigenvalue weighted by Crippen LogP contribution is -2.38. The molecule has 0 amide bonds. The summed E-state index contributed by atoms with van der Waals surface area (Å²) in [5, 5.41) is 1.08. The van der Waals surface area contributed by atoms with Gasteiger partial charge >= 0.3 is 0 Å². The largest absolute Gasteiger partial charge is 0.300 e. The number of nitrogens with zero attached hydrogens (tertiary/aromatic N) is 1. The fourth-order valence-corrected chi connectivity index (χ4v) is 1.91. The molecule has 0 rings (SSSR count). The first-order valence-electron chi connectivity index (χ1n) is 4.97. The minimum absolute atomic E-state index is 0.720. The number of alkyl halides is 1. The minimum atomic E-state index is 0.720. The van der Waals surface area contributed by atoms with Gasteiger partial charge in [-0.25, -0.2) is 0 Å². The summed E-state index contributed by atoms with van der Waals surface area (Å²) >= 11 is 3.49. The monoisotopic (exact) mass is 235 g/mol. The topological polar surface area (TPSA) is 3.24 Å². The van der Waals surface area contributed by atoms with Crippen LogP contribution in [-0.2, 0) is 0 Å². The maximum Gasteiger partial charge on any atom is 0.0159 e. The van der Waals surface area contributed by atoms with Gasteiger partial charge in [0.25, 0.3) is 0 Å². The van der Waals surface area contributed by atoms with Crippen LogP contribution < -0.4 is 0 Å². The molecule has 0 radical (unpaired) electrons. The van der Waals surface area contributed by atoms with Crippen molar-refractivity contribution in [3.63, 3.8) is 0 Å². The van der Waals surface area contributed by atoms with E-state index in [-0.39, 0.29) is 0 Å². The Morgan fingerprint density at radius 1 is 1.25 bits per heavy atom. The third-order valence-electron chi connectivity index (χ3n) is 2.82. The molecule has 0 saturated carbocycles. The molecular formula is C10H22BrN. The molecule has 2 heteroatoms. The van der Waals surface area contributed by atoms with Crippen LogP contribution in [-0.4, -0.2) is 29.4 Å². The van der Waals surface area contributed by atoms with Crippen molar-refractivity contribution in [2.75, 3.05) is 18.4 Å². The summed E-state index contributed by atoms with van der Waals surface area (Å²) in [7, 11) is 0. The predicted molar refractivity (Wildman–Crippen MR) is 60.0 cm³/mol. The van der Waals surface area contributed by atoms with Crippen LogP contribution >= 0.6 is 15.9 Å². The third-order valence-corrected chi connectivity index (χ3v) is 3.18. The SMILES string of the molecule is CC[C@H](C)[C@@H](C)N(CC)CCBr. The second kappa shape index (κ2) is 6.90. The second-order valence-electron chi connectivity index (χ2n) is 3.44. The van der Waals surface area contributed by atoms with Gasteiger partial charge in [0.15, 0.2) is 0 Å². The first-order chi connectivity index (χ1) is 5.67. The Bertz CT molecular complexity index is 106. The number of halogens is 1. The molecule has 1 nitrogen and oxygen atoms in total. The summed E-state index contributed by atoms with van der Waals surface area (Å²) < 4.78 is 0. The van der Waals surface area contributed by atoms with Crippen molar-refractivity contribution in [2.24, 2.45) is 5.92 Å². The van der Waals surface area contributed by atoms with E-state index >= 15 is 0 Å². The molecule has 12 heavy (non-hydrogen) atoms. The summed E-state index contributed by atoms with van der Waals surface area (Å²) in [6, 6.07) is 0.720. The Hall–Kier alpha value is 0.440. The van der Waals surface area contributed by atoms with Gasteiger partial charge in [-0.05, 0) is 19.4 Å². The van der Waals surface area contributed by atoms with E-state index in [1.54, 1.807) is 0 Å². The Labute approximate surface area is 85.7 Å². The van der Waals surface area contributed by atoms with Crippen LogP contribution in [0.4, 0.5) is 0 Å². The van der Waals surface area contributed by atoms with Crippen LogP contribution in [0.25, 0.3) is 0 Å². The third kappa shape index (κ3) is 3.90. The highest BCUT2D eigenvalue weighted by atomic mass is 79.9. The maximum absolute atomic E-state index is 3.49. The normalized spacial score (nSPS) is 16.5. The van der Waals surface area contributed by atoms with Crippen LogP contribution in [0.15, 0.2) is 0 Å². The van der Waals surface area contributed by atoms with E-state index in [0.29, 0.717) is 0 Å². The summed E-state index contributed by atoms with van der Waals surface area (Å²) in [4.78, 5) is 2.53. The highest BCUT2D eigenvalue weighted by molar-refractivity contribution is 9.09. The zero-order valence-corrected chi connectivity index (χ0v) is 10.4. The van der Waals surface area contributed by atoms with Gasteiger partial charge in [-0.1, -0.05) is 43.1 Å². The van der Waals surface area contributed by atoms with Crippen molar-refractivity contribution in [3.05, 3.63) is 0 Å². The lowest BCUT2D eigenvalue weighted by atomic mass is 9.99. The summed E-state index contributed by atoms with van der Waals surface area (Å²) in [5.41, 5.74) is 0. The van der Waals surface area contributed by atoms with E-state index in [1.165, 1.54) is 13.0 Å². The first kappa shape index (κ1) is 12.4. The van der Waals surface area contributed by atoms with Crippen LogP contribution in [0.2, 0.25) is 0 Å². The number of hydrogen-bond acceptors (Lipinski definition) is 1. The summed E-state index contributed by atoms with van der Waals surface area (Å²) in [6.07, 6.45) is 1.28. The molecule has 0 bridgehead atoms. The zero-order valence-electron chi connectivity index (χ0n) is 8.81. The molecule has 0 unspecified atom stereocenters. The molecular weight excluding hydrogens is 214 g/mol. The molecule has 0 heterocycles. The van der Waals surface area contributed by atoms with Crippen molar-refractivity contribution in [1.82, 2.24) is 4.90 Å². The maximum atomic E-state index is 3.49. The highest BCUT2D eigenvalue weighted by Crippen LogP contribution is 2.13. The van der Waals surface area contributed by atoms with Crippen molar-refractivity contribution in [1.29, 1.82) is 0 Å². The molecule has 74 valence electrons. The standard InChI is InChI=1S/C10H22BrN/c1-5-9(3)10(4)12(6-2)8-7-11/h9-10H,5-8H2,1-4H3/t9-,10+/m0/s1.